The van der Waals surface area contributed by atoms with Crippen molar-refractivity contribution >= 4 is 38.4 Å². The number of carbonyl (C=O) groups excluding carboxylic acids is 1. The molecule has 1 amide bonds. The maximum absolute atomic E-state index is 13.1. The van der Waals surface area contributed by atoms with Gasteiger partial charge in [-0.2, -0.15) is 4.31 Å². The molecule has 2 aromatic carbocycles. The van der Waals surface area contributed by atoms with Crippen molar-refractivity contribution in [1.29, 1.82) is 0 Å². The molecule has 0 bridgehead atoms. The van der Waals surface area contributed by atoms with Crippen molar-refractivity contribution < 1.29 is 13.2 Å². The van der Waals surface area contributed by atoms with Crippen LogP contribution >= 0.6 is 11.6 Å². The van der Waals surface area contributed by atoms with Gasteiger partial charge in [0.2, 0.25) is 15.5 Å². The fourth-order valence-corrected chi connectivity index (χ4v) is 5.11. The highest BCUT2D eigenvalue weighted by Crippen LogP contribution is 2.21. The molecule has 0 aliphatic heterocycles. The summed E-state index contributed by atoms with van der Waals surface area (Å²) >= 11 is 6.12. The number of sulfonamides is 1. The first-order valence-electron chi connectivity index (χ1n) is 9.85. The third kappa shape index (κ3) is 4.51. The van der Waals surface area contributed by atoms with E-state index < -0.39 is 21.4 Å². The molecule has 3 rings (SSSR count). The maximum Gasteiger partial charge on any atom is 0.257 e. The Morgan fingerprint density at radius 1 is 1.13 bits per heavy atom. The van der Waals surface area contributed by atoms with E-state index in [-0.39, 0.29) is 22.4 Å². The molecule has 3 aromatic rings. The third-order valence-electron chi connectivity index (χ3n) is 5.15. The predicted octanol–water partition coefficient (Wildman–Crippen LogP) is 3.15. The lowest BCUT2D eigenvalue weighted by Crippen LogP contribution is -2.31. The van der Waals surface area contributed by atoms with Crippen molar-refractivity contribution in [2.45, 2.75) is 25.3 Å². The molecule has 0 aliphatic carbocycles. The monoisotopic (exact) mass is 461 g/mol. The van der Waals surface area contributed by atoms with Crippen molar-refractivity contribution in [2.24, 2.45) is 7.05 Å². The van der Waals surface area contributed by atoms with Crippen LogP contribution in [0, 0.1) is 0 Å². The molecular formula is C22H24ClN3O4S. The average molecular weight is 462 g/mol. The molecule has 0 aliphatic rings. The van der Waals surface area contributed by atoms with Crippen molar-refractivity contribution in [3.8, 4) is 0 Å². The van der Waals surface area contributed by atoms with Gasteiger partial charge in [0.15, 0.2) is 0 Å². The van der Waals surface area contributed by atoms with Gasteiger partial charge in [-0.3, -0.25) is 9.59 Å². The first-order chi connectivity index (χ1) is 14.7. The van der Waals surface area contributed by atoms with Gasteiger partial charge in [0, 0.05) is 43.3 Å². The normalized spacial score (nSPS) is 11.8. The molecule has 0 radical (unpaired) electrons. The number of nitrogens with zero attached hydrogens (tertiary/aromatic N) is 2. The van der Waals surface area contributed by atoms with Gasteiger partial charge < -0.3 is 9.88 Å². The van der Waals surface area contributed by atoms with Gasteiger partial charge in [0.25, 0.3) is 5.91 Å². The molecule has 0 saturated carbocycles. The zero-order valence-electron chi connectivity index (χ0n) is 17.6. The first-order valence-corrected chi connectivity index (χ1v) is 11.7. The average Bonchev–Trinajstić information content (AvgIpc) is 2.75. The second-order valence-electron chi connectivity index (χ2n) is 7.03. The lowest BCUT2D eigenvalue weighted by Gasteiger charge is -2.19. The molecule has 0 unspecified atom stereocenters. The molecule has 9 heteroatoms. The molecule has 164 valence electrons. The van der Waals surface area contributed by atoms with Crippen LogP contribution in [0.3, 0.4) is 0 Å². The summed E-state index contributed by atoms with van der Waals surface area (Å²) in [5, 5.41) is 3.39. The lowest BCUT2D eigenvalue weighted by molar-refractivity contribution is 0.0949. The second kappa shape index (κ2) is 9.21. The molecule has 1 N–H and O–H groups in total. The van der Waals surface area contributed by atoms with Crippen molar-refractivity contribution in [2.75, 3.05) is 13.1 Å². The number of amides is 1. The van der Waals surface area contributed by atoms with E-state index in [1.807, 2.05) is 0 Å². The highest BCUT2D eigenvalue weighted by atomic mass is 35.5. The van der Waals surface area contributed by atoms with Crippen LogP contribution in [0.25, 0.3) is 10.9 Å². The number of halogens is 1. The molecule has 0 fully saturated rings. The Labute approximate surface area is 186 Å². The van der Waals surface area contributed by atoms with Gasteiger partial charge in [-0.05, 0) is 29.8 Å². The Balaban J connectivity index is 2.02. The molecule has 7 nitrogen and oxygen atoms in total. The molecule has 31 heavy (non-hydrogen) atoms. The van der Waals surface area contributed by atoms with E-state index in [2.05, 4.69) is 5.32 Å². The zero-order valence-corrected chi connectivity index (χ0v) is 19.1. The summed E-state index contributed by atoms with van der Waals surface area (Å²) in [5.41, 5.74) is 0.662. The van der Waals surface area contributed by atoms with Crippen LogP contribution in [0.5, 0.6) is 0 Å². The van der Waals surface area contributed by atoms with E-state index in [9.17, 15) is 18.0 Å². The number of rotatable bonds is 7. The molecule has 0 saturated heterocycles. The molecule has 0 atom stereocenters. The minimum absolute atomic E-state index is 0.0226. The number of nitrogens with one attached hydrogen (secondary N) is 1. The number of aryl methyl sites for hydroxylation is 1. The highest BCUT2D eigenvalue weighted by molar-refractivity contribution is 7.89. The molecule has 1 aromatic heterocycles. The summed E-state index contributed by atoms with van der Waals surface area (Å²) in [7, 11) is -2.04. The van der Waals surface area contributed by atoms with Gasteiger partial charge in [-0.1, -0.05) is 43.6 Å². The number of aromatic nitrogens is 1. The number of fused-ring (bicyclic) bond motifs is 1. The van der Waals surface area contributed by atoms with Gasteiger partial charge in [-0.15, -0.1) is 0 Å². The van der Waals surface area contributed by atoms with Crippen LogP contribution in [-0.4, -0.2) is 36.3 Å². The SMILES string of the molecule is CCN(CC)S(=O)(=O)c1ccc2c(c1)c(=O)c(C(=O)NCc1ccccc1Cl)cn2C. The molecule has 1 heterocycles. The summed E-state index contributed by atoms with van der Waals surface area (Å²) < 4.78 is 28.7. The van der Waals surface area contributed by atoms with Gasteiger partial charge in [-0.25, -0.2) is 8.42 Å². The summed E-state index contributed by atoms with van der Waals surface area (Å²) in [4.78, 5) is 25.8. The zero-order chi connectivity index (χ0) is 22.8. The molecule has 0 spiro atoms. The number of pyridine rings is 1. The van der Waals surface area contributed by atoms with Crippen LogP contribution in [0.2, 0.25) is 5.02 Å². The number of hydrogen-bond acceptors (Lipinski definition) is 4. The van der Waals surface area contributed by atoms with E-state index in [0.29, 0.717) is 23.6 Å². The van der Waals surface area contributed by atoms with E-state index >= 15 is 0 Å². The van der Waals surface area contributed by atoms with E-state index in [1.54, 1.807) is 55.8 Å². The Morgan fingerprint density at radius 3 is 2.45 bits per heavy atom. The van der Waals surface area contributed by atoms with Gasteiger partial charge in [0.1, 0.15) is 5.56 Å². The minimum atomic E-state index is -3.74. The van der Waals surface area contributed by atoms with Crippen molar-refractivity contribution in [1.82, 2.24) is 14.2 Å². The second-order valence-corrected chi connectivity index (χ2v) is 9.37. The largest absolute Gasteiger partial charge is 0.350 e. The predicted molar refractivity (Wildman–Crippen MR) is 122 cm³/mol. The van der Waals surface area contributed by atoms with Crippen LogP contribution in [-0.2, 0) is 23.6 Å². The van der Waals surface area contributed by atoms with Crippen LogP contribution in [0.1, 0.15) is 29.8 Å². The smallest absolute Gasteiger partial charge is 0.257 e. The fraction of sp³-hybridized carbons (Fsp3) is 0.273. The Morgan fingerprint density at radius 2 is 1.81 bits per heavy atom. The minimum Gasteiger partial charge on any atom is -0.350 e. The topological polar surface area (TPSA) is 88.5 Å². The van der Waals surface area contributed by atoms with Crippen LogP contribution < -0.4 is 10.7 Å². The number of benzene rings is 2. The van der Waals surface area contributed by atoms with Crippen LogP contribution in [0.4, 0.5) is 0 Å². The van der Waals surface area contributed by atoms with E-state index in [0.717, 1.165) is 5.56 Å². The standard InChI is InChI=1S/C22H24ClN3O4S/c1-4-26(5-2)31(29,30)16-10-11-20-17(12-16)21(27)18(14-25(20)3)22(28)24-13-15-8-6-7-9-19(15)23/h6-12,14H,4-5,13H2,1-3H3,(H,24,28). The summed E-state index contributed by atoms with van der Waals surface area (Å²) in [6.45, 7) is 4.31. The van der Waals surface area contributed by atoms with Crippen molar-refractivity contribution in [3.63, 3.8) is 0 Å². The Hall–Kier alpha value is -2.68. The fourth-order valence-electron chi connectivity index (χ4n) is 3.42. The Kier molecular flexibility index (Phi) is 6.83. The Bertz CT molecular complexity index is 1300. The number of carbonyl (C=O) groups is 1. The lowest BCUT2D eigenvalue weighted by atomic mass is 10.1. The summed E-state index contributed by atoms with van der Waals surface area (Å²) in [6, 6.07) is 11.5. The summed E-state index contributed by atoms with van der Waals surface area (Å²) in [6.07, 6.45) is 1.45. The summed E-state index contributed by atoms with van der Waals surface area (Å²) in [5.74, 6) is -0.556. The first kappa shape index (κ1) is 23.0. The van der Waals surface area contributed by atoms with E-state index in [4.69, 9.17) is 11.6 Å². The van der Waals surface area contributed by atoms with Gasteiger partial charge in [0.05, 0.1) is 10.4 Å². The van der Waals surface area contributed by atoms with Crippen LogP contribution in [0.15, 0.2) is 58.4 Å². The van der Waals surface area contributed by atoms with E-state index in [1.165, 1.54) is 22.6 Å². The quantitative estimate of drug-likeness (QED) is 0.585. The third-order valence-corrected chi connectivity index (χ3v) is 7.56. The molecular weight excluding hydrogens is 438 g/mol. The number of hydrogen-bond donors (Lipinski definition) is 1. The highest BCUT2D eigenvalue weighted by Gasteiger charge is 2.23. The van der Waals surface area contributed by atoms with Crippen molar-refractivity contribution in [3.05, 3.63) is 75.0 Å². The van der Waals surface area contributed by atoms with Gasteiger partial charge >= 0.3 is 0 Å². The maximum atomic E-state index is 13.1.